The molecule has 0 amide bonds. The summed E-state index contributed by atoms with van der Waals surface area (Å²) in [6.07, 6.45) is 4.03. The van der Waals surface area contributed by atoms with Gasteiger partial charge in [0.2, 0.25) is 5.88 Å². The maximum absolute atomic E-state index is 13.3. The quantitative estimate of drug-likeness (QED) is 0.251. The van der Waals surface area contributed by atoms with E-state index in [1.165, 1.54) is 18.2 Å². The van der Waals surface area contributed by atoms with Crippen LogP contribution >= 0.6 is 0 Å². The second kappa shape index (κ2) is 12.5. The first-order valence-electron chi connectivity index (χ1n) is 16.6. The molecule has 14 heteroatoms. The fourth-order valence-corrected chi connectivity index (χ4v) is 7.93. The number of piperazine rings is 1. The minimum atomic E-state index is -4.18. The van der Waals surface area contributed by atoms with Gasteiger partial charge in [-0.15, -0.1) is 0 Å². The summed E-state index contributed by atoms with van der Waals surface area (Å²) in [5.74, 6) is 0.803. The number of alkyl halides is 3. The minimum Gasteiger partial charge on any atom is -0.491 e. The largest absolute Gasteiger partial charge is 0.491 e. The Bertz CT molecular complexity index is 1840. The van der Waals surface area contributed by atoms with E-state index in [1.54, 1.807) is 17.8 Å². The summed E-state index contributed by atoms with van der Waals surface area (Å²) in [6.45, 7) is 4.63. The van der Waals surface area contributed by atoms with Crippen molar-refractivity contribution in [2.45, 2.75) is 49.7 Å². The van der Waals surface area contributed by atoms with E-state index in [0.29, 0.717) is 61.0 Å². The number of hydrogen-bond acceptors (Lipinski definition) is 10. The van der Waals surface area contributed by atoms with E-state index < -0.39 is 17.7 Å². The maximum atomic E-state index is 13.3. The lowest BCUT2D eigenvalue weighted by Gasteiger charge is -2.56. The highest BCUT2D eigenvalue weighted by molar-refractivity contribution is 5.85. The van der Waals surface area contributed by atoms with Crippen LogP contribution in [0.3, 0.4) is 0 Å². The Hall–Kier alpha value is -4.45. The van der Waals surface area contributed by atoms with Gasteiger partial charge < -0.3 is 19.1 Å². The molecule has 5 fully saturated rings. The second-order valence-corrected chi connectivity index (χ2v) is 13.6. The van der Waals surface area contributed by atoms with Crippen LogP contribution in [0.5, 0.6) is 11.6 Å². The number of likely N-dealkylation sites (tertiary alicyclic amines) is 1. The van der Waals surface area contributed by atoms with Gasteiger partial charge in [-0.05, 0) is 43.0 Å². The minimum absolute atomic E-state index is 0.0150. The van der Waals surface area contributed by atoms with Crippen molar-refractivity contribution in [3.63, 3.8) is 0 Å². The zero-order valence-corrected chi connectivity index (χ0v) is 27.1. The lowest BCUT2D eigenvalue weighted by Crippen LogP contribution is -2.68. The zero-order chi connectivity index (χ0) is 33.8. The number of nitrogens with zero attached hydrogens (tertiary/aromatic N) is 8. The molecule has 9 heterocycles. The van der Waals surface area contributed by atoms with Gasteiger partial charge in [0.05, 0.1) is 42.1 Å². The fraction of sp³-hybridized carbons (Fsp3) is 0.486. The van der Waals surface area contributed by atoms with Crippen LogP contribution in [0.1, 0.15) is 30.4 Å². The maximum Gasteiger partial charge on any atom is 0.392 e. The molecule has 256 valence electrons. The van der Waals surface area contributed by atoms with Crippen LogP contribution in [0.25, 0.3) is 16.6 Å². The number of nitriles is 1. The molecule has 0 radical (unpaired) electrons. The zero-order valence-electron chi connectivity index (χ0n) is 27.1. The fourth-order valence-electron chi connectivity index (χ4n) is 7.93. The van der Waals surface area contributed by atoms with E-state index in [4.69, 9.17) is 19.2 Å². The summed E-state index contributed by atoms with van der Waals surface area (Å²) in [5.41, 5.74) is 3.20. The van der Waals surface area contributed by atoms with Crippen LogP contribution in [0.15, 0.2) is 55.1 Å². The number of pyridine rings is 3. The summed E-state index contributed by atoms with van der Waals surface area (Å²) in [5, 5.41) is 14.2. The number of piperidine rings is 1. The molecule has 11 nitrogen and oxygen atoms in total. The van der Waals surface area contributed by atoms with E-state index in [-0.39, 0.29) is 19.4 Å². The Kier molecular flexibility index (Phi) is 8.08. The van der Waals surface area contributed by atoms with Crippen LogP contribution in [-0.4, -0.2) is 106 Å². The van der Waals surface area contributed by atoms with E-state index >= 15 is 0 Å². The third-order valence-corrected chi connectivity index (χ3v) is 10.5. The topological polar surface area (TPSA) is 104 Å². The summed E-state index contributed by atoms with van der Waals surface area (Å²) in [6, 6.07) is 13.1. The van der Waals surface area contributed by atoms with Crippen molar-refractivity contribution in [3.05, 3.63) is 66.2 Å². The Labute approximate surface area is 281 Å². The number of methoxy groups -OCH3 is 1. The van der Waals surface area contributed by atoms with E-state index in [9.17, 15) is 18.4 Å². The van der Waals surface area contributed by atoms with Crippen LogP contribution in [0.4, 0.5) is 19.0 Å². The molecule has 9 rings (SSSR count). The molecule has 4 aromatic rings. The summed E-state index contributed by atoms with van der Waals surface area (Å²) in [4.78, 5) is 16.1. The highest BCUT2D eigenvalue weighted by atomic mass is 19.4. The average Bonchev–Trinajstić information content (AvgIpc) is 3.53. The van der Waals surface area contributed by atoms with Crippen molar-refractivity contribution in [2.24, 2.45) is 5.92 Å². The molecule has 5 aliphatic rings. The molecule has 4 aromatic heterocycles. The van der Waals surface area contributed by atoms with Crippen molar-refractivity contribution < 1.29 is 27.4 Å². The first-order chi connectivity index (χ1) is 23.7. The van der Waals surface area contributed by atoms with Crippen LogP contribution < -0.4 is 14.4 Å². The van der Waals surface area contributed by atoms with Crippen LogP contribution in [-0.2, 0) is 11.3 Å². The molecular formula is C35H37F3N8O3. The van der Waals surface area contributed by atoms with Gasteiger partial charge in [0, 0.05) is 87.5 Å². The highest BCUT2D eigenvalue weighted by Gasteiger charge is 2.53. The van der Waals surface area contributed by atoms with E-state index in [1.807, 2.05) is 36.7 Å². The number of aromatic nitrogens is 4. The van der Waals surface area contributed by atoms with E-state index in [2.05, 4.69) is 36.9 Å². The van der Waals surface area contributed by atoms with Crippen molar-refractivity contribution in [1.29, 1.82) is 5.26 Å². The normalized spacial score (nSPS) is 23.6. The third-order valence-electron chi connectivity index (χ3n) is 10.5. The molecule has 3 atom stereocenters. The summed E-state index contributed by atoms with van der Waals surface area (Å²) < 4.78 is 58.7. The predicted octanol–water partition coefficient (Wildman–Crippen LogP) is 4.56. The number of anilines is 1. The van der Waals surface area contributed by atoms with Gasteiger partial charge in [0.1, 0.15) is 24.2 Å². The number of halogens is 3. The van der Waals surface area contributed by atoms with Crippen molar-refractivity contribution in [1.82, 2.24) is 29.4 Å². The van der Waals surface area contributed by atoms with Crippen molar-refractivity contribution in [2.75, 3.05) is 57.9 Å². The molecule has 49 heavy (non-hydrogen) atoms. The number of rotatable bonds is 9. The van der Waals surface area contributed by atoms with Crippen molar-refractivity contribution >= 4 is 11.3 Å². The second-order valence-electron chi connectivity index (χ2n) is 13.6. The van der Waals surface area contributed by atoms with Crippen LogP contribution in [0, 0.1) is 17.2 Å². The molecular weight excluding hydrogens is 637 g/mol. The SMILES string of the molecule is COc1ccc(CN2C3CC2CN(c2ccc(-c4cc(OCCN5CC6(CC(C(F)(F)F)CCO6)C5)cn5ncc(C#N)c45)cn2)C3)cn1. The molecule has 5 saturated heterocycles. The van der Waals surface area contributed by atoms with Gasteiger partial charge >= 0.3 is 6.18 Å². The summed E-state index contributed by atoms with van der Waals surface area (Å²) in [7, 11) is 1.62. The summed E-state index contributed by atoms with van der Waals surface area (Å²) >= 11 is 0. The highest BCUT2D eigenvalue weighted by Crippen LogP contribution is 2.43. The van der Waals surface area contributed by atoms with E-state index in [0.717, 1.165) is 36.6 Å². The lowest BCUT2D eigenvalue weighted by atomic mass is 9.80. The van der Waals surface area contributed by atoms with Crippen molar-refractivity contribution in [3.8, 4) is 28.8 Å². The Morgan fingerprint density at radius 3 is 2.61 bits per heavy atom. The lowest BCUT2D eigenvalue weighted by molar-refractivity contribution is -0.244. The van der Waals surface area contributed by atoms with Gasteiger partial charge in [-0.25, -0.2) is 14.5 Å². The predicted molar refractivity (Wildman–Crippen MR) is 173 cm³/mol. The Morgan fingerprint density at radius 1 is 1.08 bits per heavy atom. The van der Waals surface area contributed by atoms with Gasteiger partial charge in [-0.3, -0.25) is 9.80 Å². The smallest absolute Gasteiger partial charge is 0.392 e. The molecule has 0 N–H and O–H groups in total. The monoisotopic (exact) mass is 674 g/mol. The first kappa shape index (κ1) is 31.8. The number of fused-ring (bicyclic) bond motifs is 3. The molecule has 0 saturated carbocycles. The molecule has 0 aromatic carbocycles. The number of hydrogen-bond donors (Lipinski definition) is 0. The molecule has 5 aliphatic heterocycles. The average molecular weight is 675 g/mol. The molecule has 2 bridgehead atoms. The molecule has 0 aliphatic carbocycles. The van der Waals surface area contributed by atoms with Gasteiger partial charge in [-0.2, -0.15) is 23.5 Å². The van der Waals surface area contributed by atoms with Gasteiger partial charge in [-0.1, -0.05) is 6.07 Å². The molecule has 1 spiro atoms. The standard InChI is InChI=1S/C35H37F3N8O3/c1-47-32-5-2-23(14-41-32)17-45-27-10-28(45)19-44(18-27)31-4-3-24(15-40-31)30-11-29(20-46-33(30)25(13-39)16-42-46)48-9-7-43-21-34(22-43)12-26(6-8-49-34)35(36,37)38/h2-5,11,14-16,20,26-28H,6-10,12,17-19,21-22H2,1H3. The number of ether oxygens (including phenoxy) is 3. The van der Waals surface area contributed by atoms with Gasteiger partial charge in [0.25, 0.3) is 0 Å². The first-order valence-corrected chi connectivity index (χ1v) is 16.6. The Morgan fingerprint density at radius 2 is 1.92 bits per heavy atom. The van der Waals surface area contributed by atoms with Crippen LogP contribution in [0.2, 0.25) is 0 Å². The Balaban J connectivity index is 0.910. The third kappa shape index (κ3) is 6.15. The van der Waals surface area contributed by atoms with Gasteiger partial charge in [0.15, 0.2) is 0 Å². The molecule has 3 unspecified atom stereocenters.